The van der Waals surface area contributed by atoms with Gasteiger partial charge < -0.3 is 5.32 Å². The summed E-state index contributed by atoms with van der Waals surface area (Å²) in [6.45, 7) is 2.65. The zero-order valence-electron chi connectivity index (χ0n) is 10.5. The number of hydrogen-bond acceptors (Lipinski definition) is 1. The molecule has 1 N–H and O–H groups in total. The fourth-order valence-electron chi connectivity index (χ4n) is 1.85. The average Bonchev–Trinajstić information content (AvgIpc) is 2.36. The molecule has 0 aliphatic carbocycles. The van der Waals surface area contributed by atoms with E-state index < -0.39 is 0 Å². The van der Waals surface area contributed by atoms with E-state index in [-0.39, 0.29) is 11.9 Å². The minimum atomic E-state index is -0.305. The van der Waals surface area contributed by atoms with Crippen molar-refractivity contribution in [2.45, 2.75) is 19.5 Å². The van der Waals surface area contributed by atoms with Gasteiger partial charge in [-0.05, 0) is 48.4 Å². The monoisotopic (exact) mass is 341 g/mol. The molecule has 0 aromatic heterocycles. The minimum absolute atomic E-state index is 0.190. The van der Waals surface area contributed by atoms with Crippen LogP contribution in [0.25, 0.3) is 0 Å². The molecule has 0 aliphatic heterocycles. The van der Waals surface area contributed by atoms with Crippen molar-refractivity contribution in [3.8, 4) is 0 Å². The van der Waals surface area contributed by atoms with Crippen LogP contribution in [0, 0.1) is 5.82 Å². The predicted octanol–water partition coefficient (Wildman–Crippen LogP) is 5.09. The maximum Gasteiger partial charge on any atom is 0.125 e. The molecule has 0 spiro atoms. The largest absolute Gasteiger partial charge is 0.306 e. The predicted molar refractivity (Wildman–Crippen MR) is 80.8 cm³/mol. The fourth-order valence-corrected chi connectivity index (χ4v) is 2.36. The summed E-state index contributed by atoms with van der Waals surface area (Å²) < 4.78 is 14.3. The molecule has 2 rings (SSSR count). The molecule has 0 amide bonds. The first-order valence-electron chi connectivity index (χ1n) is 5.98. The number of rotatable bonds is 4. The molecule has 0 fully saturated rings. The van der Waals surface area contributed by atoms with Crippen molar-refractivity contribution in [2.75, 3.05) is 0 Å². The molecule has 19 heavy (non-hydrogen) atoms. The van der Waals surface area contributed by atoms with Crippen LogP contribution in [0.2, 0.25) is 5.02 Å². The maximum atomic E-state index is 13.2. The summed E-state index contributed by atoms with van der Waals surface area (Å²) in [5, 5.41) is 3.77. The van der Waals surface area contributed by atoms with Crippen LogP contribution in [-0.4, -0.2) is 0 Å². The Morgan fingerprint density at radius 3 is 2.53 bits per heavy atom. The summed E-state index contributed by atoms with van der Waals surface area (Å²) in [5.41, 5.74) is 2.03. The molecule has 1 unspecified atom stereocenters. The molecule has 4 heteroatoms. The Kier molecular flexibility index (Phi) is 4.97. The second kappa shape index (κ2) is 6.51. The summed E-state index contributed by atoms with van der Waals surface area (Å²) in [6.07, 6.45) is 0. The van der Waals surface area contributed by atoms with Gasteiger partial charge in [0.15, 0.2) is 0 Å². The topological polar surface area (TPSA) is 12.0 Å². The molecule has 0 aliphatic rings. The molecule has 2 aromatic carbocycles. The molecule has 1 nitrogen and oxygen atoms in total. The zero-order valence-corrected chi connectivity index (χ0v) is 12.8. The van der Waals surface area contributed by atoms with Crippen molar-refractivity contribution in [3.63, 3.8) is 0 Å². The summed E-state index contributed by atoms with van der Waals surface area (Å²) >= 11 is 9.24. The summed E-state index contributed by atoms with van der Waals surface area (Å²) in [7, 11) is 0. The van der Waals surface area contributed by atoms with Crippen LogP contribution in [0.5, 0.6) is 0 Å². The zero-order chi connectivity index (χ0) is 13.8. The van der Waals surface area contributed by atoms with Crippen LogP contribution in [-0.2, 0) is 6.54 Å². The first-order chi connectivity index (χ1) is 9.04. The van der Waals surface area contributed by atoms with Gasteiger partial charge in [0.2, 0.25) is 0 Å². The number of halogens is 3. The summed E-state index contributed by atoms with van der Waals surface area (Å²) in [6, 6.07) is 12.9. The van der Waals surface area contributed by atoms with Gasteiger partial charge in [0, 0.05) is 22.1 Å². The van der Waals surface area contributed by atoms with Gasteiger partial charge in [-0.15, -0.1) is 0 Å². The summed E-state index contributed by atoms with van der Waals surface area (Å²) in [5.74, 6) is -0.305. The first-order valence-corrected chi connectivity index (χ1v) is 7.15. The molecule has 2 aromatic rings. The smallest absolute Gasteiger partial charge is 0.125 e. The van der Waals surface area contributed by atoms with E-state index in [4.69, 9.17) is 11.6 Å². The van der Waals surface area contributed by atoms with Gasteiger partial charge >= 0.3 is 0 Å². The van der Waals surface area contributed by atoms with Crippen molar-refractivity contribution >= 4 is 27.5 Å². The van der Waals surface area contributed by atoms with Crippen LogP contribution in [0.3, 0.4) is 0 Å². The van der Waals surface area contributed by atoms with Crippen LogP contribution in [0.1, 0.15) is 24.1 Å². The lowest BCUT2D eigenvalue weighted by Gasteiger charge is -2.14. The summed E-state index contributed by atoms with van der Waals surface area (Å²) in [4.78, 5) is 0. The van der Waals surface area contributed by atoms with Gasteiger partial charge in [-0.2, -0.15) is 0 Å². The highest BCUT2D eigenvalue weighted by Crippen LogP contribution is 2.18. The lowest BCUT2D eigenvalue weighted by atomic mass is 10.1. The lowest BCUT2D eigenvalue weighted by Crippen LogP contribution is -2.18. The quantitative estimate of drug-likeness (QED) is 0.816. The van der Waals surface area contributed by atoms with E-state index in [1.807, 2.05) is 12.1 Å². The van der Waals surface area contributed by atoms with Crippen LogP contribution in [0.4, 0.5) is 4.39 Å². The minimum Gasteiger partial charge on any atom is -0.306 e. The second-order valence-electron chi connectivity index (χ2n) is 4.43. The third kappa shape index (κ3) is 4.30. The van der Waals surface area contributed by atoms with E-state index in [1.54, 1.807) is 6.07 Å². The highest BCUT2D eigenvalue weighted by atomic mass is 79.9. The molecule has 100 valence electrons. The normalized spacial score (nSPS) is 12.4. The van der Waals surface area contributed by atoms with E-state index in [0.717, 1.165) is 10.0 Å². The highest BCUT2D eigenvalue weighted by molar-refractivity contribution is 9.10. The van der Waals surface area contributed by atoms with Crippen LogP contribution in [0.15, 0.2) is 46.9 Å². The van der Waals surface area contributed by atoms with Crippen molar-refractivity contribution < 1.29 is 4.39 Å². The third-order valence-corrected chi connectivity index (χ3v) is 3.65. The van der Waals surface area contributed by atoms with Gasteiger partial charge in [-0.3, -0.25) is 0 Å². The van der Waals surface area contributed by atoms with Gasteiger partial charge in [0.25, 0.3) is 0 Å². The van der Waals surface area contributed by atoms with Crippen molar-refractivity contribution in [1.29, 1.82) is 0 Å². The van der Waals surface area contributed by atoms with E-state index >= 15 is 0 Å². The molecular weight excluding hydrogens is 329 g/mol. The van der Waals surface area contributed by atoms with Crippen molar-refractivity contribution in [2.24, 2.45) is 0 Å². The molecule has 0 heterocycles. The Balaban J connectivity index is 1.99. The maximum absolute atomic E-state index is 13.2. The van der Waals surface area contributed by atoms with Gasteiger partial charge in [0.1, 0.15) is 5.82 Å². The Labute approximate surface area is 125 Å². The number of nitrogens with one attached hydrogen (secondary N) is 1. The van der Waals surface area contributed by atoms with Crippen LogP contribution < -0.4 is 5.32 Å². The average molecular weight is 343 g/mol. The standard InChI is InChI=1S/C15H14BrClFN/c1-10(12-2-4-13(16)5-3-12)19-9-11-6-14(17)8-15(18)7-11/h2-8,10,19H,9H2,1H3. The van der Waals surface area contributed by atoms with Crippen molar-refractivity contribution in [1.82, 2.24) is 5.32 Å². The van der Waals surface area contributed by atoms with E-state index in [0.29, 0.717) is 11.6 Å². The van der Waals surface area contributed by atoms with E-state index in [1.165, 1.54) is 17.7 Å². The Morgan fingerprint density at radius 1 is 1.21 bits per heavy atom. The van der Waals surface area contributed by atoms with Gasteiger partial charge in [0.05, 0.1) is 0 Å². The fraction of sp³-hybridized carbons (Fsp3) is 0.200. The lowest BCUT2D eigenvalue weighted by molar-refractivity contribution is 0.569. The molecule has 0 saturated heterocycles. The van der Waals surface area contributed by atoms with Crippen molar-refractivity contribution in [3.05, 3.63) is 68.9 Å². The third-order valence-electron chi connectivity index (χ3n) is 2.90. The second-order valence-corrected chi connectivity index (χ2v) is 5.78. The number of benzene rings is 2. The van der Waals surface area contributed by atoms with E-state index in [9.17, 15) is 4.39 Å². The molecule has 1 atom stereocenters. The Bertz CT molecular complexity index is 536. The SMILES string of the molecule is CC(NCc1cc(F)cc(Cl)c1)c1ccc(Br)cc1. The first kappa shape index (κ1) is 14.5. The van der Waals surface area contributed by atoms with Crippen LogP contribution >= 0.6 is 27.5 Å². The molecule has 0 radical (unpaired) electrons. The number of hydrogen-bond donors (Lipinski definition) is 1. The molecule has 0 bridgehead atoms. The molecule has 0 saturated carbocycles. The van der Waals surface area contributed by atoms with E-state index in [2.05, 4.69) is 40.3 Å². The highest BCUT2D eigenvalue weighted by Gasteiger charge is 2.05. The van der Waals surface area contributed by atoms with Gasteiger partial charge in [-0.1, -0.05) is 39.7 Å². The molecular formula is C15H14BrClFN. The Hall–Kier alpha value is -0.900. The Morgan fingerprint density at radius 2 is 1.89 bits per heavy atom. The van der Waals surface area contributed by atoms with Gasteiger partial charge in [-0.25, -0.2) is 4.39 Å².